The van der Waals surface area contributed by atoms with Crippen molar-refractivity contribution >= 4 is 10.9 Å². The number of benzene rings is 2. The molecule has 0 amide bonds. The van der Waals surface area contributed by atoms with E-state index in [0.717, 1.165) is 13.0 Å². The highest BCUT2D eigenvalue weighted by atomic mass is 15.2. The van der Waals surface area contributed by atoms with Crippen molar-refractivity contribution in [1.82, 2.24) is 9.88 Å². The standard InChI is InChI=1S/C19H18N2/c1-2-6-14-13(5-1)9-10-21-12-18-16(11-19(14)21)15-7-3-4-8-17(15)20-18/h1-8,19-20H,9-12H2. The van der Waals surface area contributed by atoms with E-state index in [-0.39, 0.29) is 0 Å². The van der Waals surface area contributed by atoms with Gasteiger partial charge in [-0.15, -0.1) is 0 Å². The van der Waals surface area contributed by atoms with Gasteiger partial charge in [0.2, 0.25) is 0 Å². The molecule has 0 bridgehead atoms. The van der Waals surface area contributed by atoms with Gasteiger partial charge in [0.1, 0.15) is 0 Å². The first-order chi connectivity index (χ1) is 10.4. The molecule has 21 heavy (non-hydrogen) atoms. The zero-order valence-electron chi connectivity index (χ0n) is 12.0. The van der Waals surface area contributed by atoms with E-state index in [9.17, 15) is 0 Å². The third kappa shape index (κ3) is 1.63. The van der Waals surface area contributed by atoms with E-state index in [0.29, 0.717) is 6.04 Å². The Morgan fingerprint density at radius 1 is 1.00 bits per heavy atom. The van der Waals surface area contributed by atoms with Crippen molar-refractivity contribution in [1.29, 1.82) is 0 Å². The lowest BCUT2D eigenvalue weighted by Crippen LogP contribution is -2.39. The Kier molecular flexibility index (Phi) is 2.33. The normalized spacial score (nSPS) is 20.9. The highest BCUT2D eigenvalue weighted by Crippen LogP contribution is 2.40. The Morgan fingerprint density at radius 3 is 2.86 bits per heavy atom. The van der Waals surface area contributed by atoms with Crippen LogP contribution in [0, 0.1) is 0 Å². The minimum atomic E-state index is 0.557. The lowest BCUT2D eigenvalue weighted by molar-refractivity contribution is 0.159. The summed E-state index contributed by atoms with van der Waals surface area (Å²) in [5.41, 5.74) is 7.33. The first-order valence-electron chi connectivity index (χ1n) is 7.80. The molecular formula is C19H18N2. The minimum Gasteiger partial charge on any atom is -0.357 e. The molecule has 1 unspecified atom stereocenters. The van der Waals surface area contributed by atoms with Crippen molar-refractivity contribution in [2.45, 2.75) is 25.4 Å². The summed E-state index contributed by atoms with van der Waals surface area (Å²) in [5, 5.41) is 1.41. The number of rotatable bonds is 0. The predicted octanol–water partition coefficient (Wildman–Crippen LogP) is 3.82. The van der Waals surface area contributed by atoms with Gasteiger partial charge in [-0.1, -0.05) is 42.5 Å². The first-order valence-corrected chi connectivity index (χ1v) is 7.80. The van der Waals surface area contributed by atoms with Gasteiger partial charge in [-0.05, 0) is 35.6 Å². The number of para-hydroxylation sites is 1. The molecule has 0 fully saturated rings. The maximum Gasteiger partial charge on any atom is 0.0459 e. The maximum absolute atomic E-state index is 3.63. The molecule has 1 atom stereocenters. The second kappa shape index (κ2) is 4.22. The van der Waals surface area contributed by atoms with E-state index in [1.54, 1.807) is 11.1 Å². The molecule has 2 heteroatoms. The molecule has 0 spiro atoms. The van der Waals surface area contributed by atoms with Gasteiger partial charge in [0, 0.05) is 35.7 Å². The largest absolute Gasteiger partial charge is 0.357 e. The van der Waals surface area contributed by atoms with E-state index in [4.69, 9.17) is 0 Å². The van der Waals surface area contributed by atoms with Gasteiger partial charge in [-0.2, -0.15) is 0 Å². The van der Waals surface area contributed by atoms with Crippen LogP contribution < -0.4 is 0 Å². The Bertz CT molecular complexity index is 830. The average molecular weight is 274 g/mol. The number of H-pyrrole nitrogens is 1. The van der Waals surface area contributed by atoms with Crippen LogP contribution in [0.5, 0.6) is 0 Å². The molecule has 0 aliphatic carbocycles. The molecule has 2 nitrogen and oxygen atoms in total. The average Bonchev–Trinajstić information content (AvgIpc) is 2.90. The smallest absolute Gasteiger partial charge is 0.0459 e. The third-order valence-corrected chi connectivity index (χ3v) is 5.18. The molecule has 104 valence electrons. The van der Waals surface area contributed by atoms with Crippen LogP contribution in [-0.4, -0.2) is 16.4 Å². The fourth-order valence-corrected chi connectivity index (χ4v) is 4.15. The summed E-state index contributed by atoms with van der Waals surface area (Å²) in [7, 11) is 0. The number of aromatic nitrogens is 1. The van der Waals surface area contributed by atoms with Crippen LogP contribution in [0.25, 0.3) is 10.9 Å². The number of nitrogens with one attached hydrogen (secondary N) is 1. The molecule has 5 rings (SSSR count). The van der Waals surface area contributed by atoms with E-state index in [2.05, 4.69) is 58.4 Å². The SMILES string of the molecule is c1ccc2c(c1)CCN1Cc3[nH]c4ccccc4c3CC21. The van der Waals surface area contributed by atoms with Gasteiger partial charge in [-0.3, -0.25) is 4.90 Å². The molecule has 3 heterocycles. The number of hydrogen-bond donors (Lipinski definition) is 1. The Balaban J connectivity index is 1.67. The molecule has 1 N–H and O–H groups in total. The lowest BCUT2D eigenvalue weighted by Gasteiger charge is -2.40. The topological polar surface area (TPSA) is 19.0 Å². The quantitative estimate of drug-likeness (QED) is 0.660. The van der Waals surface area contributed by atoms with Gasteiger partial charge in [0.15, 0.2) is 0 Å². The summed E-state index contributed by atoms with van der Waals surface area (Å²) in [6.07, 6.45) is 2.32. The van der Waals surface area contributed by atoms with Crippen LogP contribution >= 0.6 is 0 Å². The van der Waals surface area contributed by atoms with Crippen molar-refractivity contribution < 1.29 is 0 Å². The first kappa shape index (κ1) is 11.6. The number of aromatic amines is 1. The molecule has 1 aromatic heterocycles. The summed E-state index contributed by atoms with van der Waals surface area (Å²) < 4.78 is 0. The summed E-state index contributed by atoms with van der Waals surface area (Å²) in [4.78, 5) is 6.27. The molecule has 2 aromatic carbocycles. The summed E-state index contributed by atoms with van der Waals surface area (Å²) in [6.45, 7) is 2.24. The summed E-state index contributed by atoms with van der Waals surface area (Å²) in [6, 6.07) is 18.3. The fraction of sp³-hybridized carbons (Fsp3) is 0.263. The van der Waals surface area contributed by atoms with Crippen molar-refractivity contribution in [3.8, 4) is 0 Å². The predicted molar refractivity (Wildman–Crippen MR) is 85.3 cm³/mol. The van der Waals surface area contributed by atoms with Crippen LogP contribution in [-0.2, 0) is 19.4 Å². The van der Waals surface area contributed by atoms with E-state index >= 15 is 0 Å². The van der Waals surface area contributed by atoms with Crippen LogP contribution in [0.2, 0.25) is 0 Å². The van der Waals surface area contributed by atoms with Gasteiger partial charge >= 0.3 is 0 Å². The maximum atomic E-state index is 3.63. The van der Waals surface area contributed by atoms with Gasteiger partial charge in [0.25, 0.3) is 0 Å². The van der Waals surface area contributed by atoms with Crippen molar-refractivity contribution in [2.75, 3.05) is 6.54 Å². The van der Waals surface area contributed by atoms with Gasteiger partial charge in [-0.25, -0.2) is 0 Å². The summed E-state index contributed by atoms with van der Waals surface area (Å²) in [5.74, 6) is 0. The monoisotopic (exact) mass is 274 g/mol. The minimum absolute atomic E-state index is 0.557. The summed E-state index contributed by atoms with van der Waals surface area (Å²) >= 11 is 0. The zero-order valence-corrected chi connectivity index (χ0v) is 12.0. The van der Waals surface area contributed by atoms with Crippen LogP contribution in [0.4, 0.5) is 0 Å². The highest BCUT2D eigenvalue weighted by molar-refractivity contribution is 5.85. The lowest BCUT2D eigenvalue weighted by atomic mass is 9.85. The van der Waals surface area contributed by atoms with Gasteiger partial charge in [0.05, 0.1) is 0 Å². The fourth-order valence-electron chi connectivity index (χ4n) is 4.15. The zero-order chi connectivity index (χ0) is 13.8. The number of nitrogens with zero attached hydrogens (tertiary/aromatic N) is 1. The van der Waals surface area contributed by atoms with Crippen molar-refractivity contribution in [3.63, 3.8) is 0 Å². The Labute approximate surface area is 124 Å². The number of fused-ring (bicyclic) bond motifs is 6. The molecule has 2 aliphatic heterocycles. The number of hydrogen-bond acceptors (Lipinski definition) is 1. The molecule has 3 aromatic rings. The Hall–Kier alpha value is -2.06. The second-order valence-electron chi connectivity index (χ2n) is 6.27. The van der Waals surface area contributed by atoms with E-state index in [1.165, 1.54) is 35.1 Å². The second-order valence-corrected chi connectivity index (χ2v) is 6.27. The molecule has 0 saturated heterocycles. The third-order valence-electron chi connectivity index (χ3n) is 5.18. The van der Waals surface area contributed by atoms with Crippen molar-refractivity contribution in [2.24, 2.45) is 0 Å². The molecule has 0 saturated carbocycles. The van der Waals surface area contributed by atoms with Crippen LogP contribution in [0.3, 0.4) is 0 Å². The molecule has 0 radical (unpaired) electrons. The van der Waals surface area contributed by atoms with Crippen LogP contribution in [0.15, 0.2) is 48.5 Å². The highest BCUT2D eigenvalue weighted by Gasteiger charge is 2.33. The van der Waals surface area contributed by atoms with Crippen LogP contribution in [0.1, 0.15) is 28.4 Å². The van der Waals surface area contributed by atoms with Gasteiger partial charge < -0.3 is 4.98 Å². The van der Waals surface area contributed by atoms with Crippen molar-refractivity contribution in [3.05, 3.63) is 70.9 Å². The van der Waals surface area contributed by atoms with E-state index in [1.807, 2.05) is 0 Å². The molecular weight excluding hydrogens is 256 g/mol. The molecule has 2 aliphatic rings. The van der Waals surface area contributed by atoms with E-state index < -0.39 is 0 Å². The Morgan fingerprint density at radius 2 is 1.86 bits per heavy atom.